The summed E-state index contributed by atoms with van der Waals surface area (Å²) in [5, 5.41) is 0.547. The lowest BCUT2D eigenvalue weighted by Gasteiger charge is -2.18. The minimum atomic E-state index is -3.11. The molecule has 0 radical (unpaired) electrons. The zero-order valence-corrected chi connectivity index (χ0v) is 12.2. The van der Waals surface area contributed by atoms with Crippen LogP contribution in [-0.2, 0) is 13.9 Å². The summed E-state index contributed by atoms with van der Waals surface area (Å²) in [4.78, 5) is 12.6. The fourth-order valence-corrected chi connectivity index (χ4v) is 3.33. The molecule has 0 aliphatic carbocycles. The van der Waals surface area contributed by atoms with Gasteiger partial charge in [-0.25, -0.2) is 0 Å². The highest BCUT2D eigenvalue weighted by Crippen LogP contribution is 2.44. The molecule has 0 bridgehead atoms. The van der Waals surface area contributed by atoms with E-state index in [1.807, 2.05) is 31.1 Å². The number of benzene rings is 1. The van der Waals surface area contributed by atoms with Crippen LogP contribution in [0.25, 0.3) is 0 Å². The third-order valence-corrected chi connectivity index (χ3v) is 4.92. The van der Waals surface area contributed by atoms with E-state index in [1.165, 1.54) is 0 Å². The molecule has 0 spiro atoms. The Hall–Kier alpha value is -0.830. The molecule has 4 nitrogen and oxygen atoms in total. The summed E-state index contributed by atoms with van der Waals surface area (Å²) in [6.07, 6.45) is 0.500. The number of rotatable bonds is 7. The first-order valence-corrected chi connectivity index (χ1v) is 7.89. The molecule has 0 aliphatic rings. The Morgan fingerprint density at radius 1 is 1.33 bits per heavy atom. The smallest absolute Gasteiger partial charge is 0.239 e. The van der Waals surface area contributed by atoms with Gasteiger partial charge in [0.25, 0.3) is 0 Å². The molecule has 0 heterocycles. The molecular weight excluding hydrogens is 273 g/mol. The maximum Gasteiger partial charge on any atom is 0.239 e. The highest BCUT2D eigenvalue weighted by molar-refractivity contribution is 7.67. The molecule has 0 aliphatic heterocycles. The predicted octanol–water partition coefficient (Wildman–Crippen LogP) is 2.11. The number of halogens is 1. The second kappa shape index (κ2) is 6.93. The van der Waals surface area contributed by atoms with Gasteiger partial charge in [0.05, 0.1) is 12.8 Å². The molecule has 6 heteroatoms. The predicted molar refractivity (Wildman–Crippen MR) is 75.6 cm³/mol. The number of carbonyl (C=O) groups is 1. The van der Waals surface area contributed by atoms with E-state index < -0.39 is 7.37 Å². The Labute approximate surface area is 112 Å². The maximum absolute atomic E-state index is 12.5. The van der Waals surface area contributed by atoms with E-state index in [4.69, 9.17) is 16.1 Å². The van der Waals surface area contributed by atoms with Crippen molar-refractivity contribution >= 4 is 36.2 Å². The molecule has 1 atom stereocenters. The fourth-order valence-electron chi connectivity index (χ4n) is 1.49. The van der Waals surface area contributed by atoms with Crippen molar-refractivity contribution in [3.63, 3.8) is 0 Å². The average molecular weight is 290 g/mol. The first-order valence-electron chi connectivity index (χ1n) is 5.54. The lowest BCUT2D eigenvalue weighted by molar-refractivity contribution is -0.105. The van der Waals surface area contributed by atoms with Crippen LogP contribution in [0.5, 0.6) is 0 Å². The van der Waals surface area contributed by atoms with E-state index in [0.717, 1.165) is 5.69 Å². The van der Waals surface area contributed by atoms with E-state index in [-0.39, 0.29) is 18.6 Å². The second-order valence-corrected chi connectivity index (χ2v) is 6.82. The minimum Gasteiger partial charge on any atom is -0.378 e. The summed E-state index contributed by atoms with van der Waals surface area (Å²) in [5.74, 6) is 0.249. The molecule has 0 saturated carbocycles. The molecule has 1 rings (SSSR count). The maximum atomic E-state index is 12.5. The molecule has 100 valence electrons. The van der Waals surface area contributed by atoms with E-state index in [9.17, 15) is 9.36 Å². The van der Waals surface area contributed by atoms with Crippen molar-refractivity contribution in [3.05, 3.63) is 24.3 Å². The first-order chi connectivity index (χ1) is 8.53. The van der Waals surface area contributed by atoms with Gasteiger partial charge in [0.1, 0.15) is 6.29 Å². The Morgan fingerprint density at radius 3 is 2.39 bits per heavy atom. The van der Waals surface area contributed by atoms with Crippen LogP contribution in [-0.4, -0.2) is 39.0 Å². The van der Waals surface area contributed by atoms with Crippen LogP contribution in [0.4, 0.5) is 5.69 Å². The lowest BCUT2D eigenvalue weighted by atomic mass is 10.3. The summed E-state index contributed by atoms with van der Waals surface area (Å²) < 4.78 is 17.8. The van der Waals surface area contributed by atoms with Gasteiger partial charge in [-0.2, -0.15) is 0 Å². The van der Waals surface area contributed by atoms with Gasteiger partial charge in [-0.15, -0.1) is 11.6 Å². The van der Waals surface area contributed by atoms with Crippen molar-refractivity contribution in [2.24, 2.45) is 0 Å². The molecule has 0 aromatic heterocycles. The van der Waals surface area contributed by atoms with Gasteiger partial charge in [-0.3, -0.25) is 4.57 Å². The molecule has 18 heavy (non-hydrogen) atoms. The molecule has 1 unspecified atom stereocenters. The average Bonchev–Trinajstić information content (AvgIpc) is 2.37. The standard InChI is InChI=1S/C12H17ClNO3P/c1-14(2)11-3-5-12(6-4-11)18(16,10-8-15)17-9-7-13/h3-6,8H,7,9-10H2,1-2H3. The van der Waals surface area contributed by atoms with Crippen LogP contribution in [0.2, 0.25) is 0 Å². The number of hydrogen-bond donors (Lipinski definition) is 0. The monoisotopic (exact) mass is 289 g/mol. The zero-order valence-electron chi connectivity index (χ0n) is 10.5. The Kier molecular flexibility index (Phi) is 5.86. The van der Waals surface area contributed by atoms with Crippen LogP contribution >= 0.6 is 19.0 Å². The number of aldehydes is 1. The van der Waals surface area contributed by atoms with E-state index >= 15 is 0 Å². The van der Waals surface area contributed by atoms with Crippen molar-refractivity contribution in [1.29, 1.82) is 0 Å². The van der Waals surface area contributed by atoms with Crippen LogP contribution in [0.15, 0.2) is 24.3 Å². The summed E-state index contributed by atoms with van der Waals surface area (Å²) in [5.41, 5.74) is 0.994. The zero-order chi connectivity index (χ0) is 13.6. The molecule has 1 aromatic rings. The van der Waals surface area contributed by atoms with Crippen molar-refractivity contribution in [2.75, 3.05) is 37.6 Å². The number of anilines is 1. The third-order valence-electron chi connectivity index (χ3n) is 2.45. The fraction of sp³-hybridized carbons (Fsp3) is 0.417. The topological polar surface area (TPSA) is 46.6 Å². The summed E-state index contributed by atoms with van der Waals surface area (Å²) >= 11 is 5.52. The minimum absolute atomic E-state index is 0.120. The van der Waals surface area contributed by atoms with Gasteiger partial charge in [-0.05, 0) is 24.3 Å². The van der Waals surface area contributed by atoms with Crippen LogP contribution in [0.3, 0.4) is 0 Å². The molecule has 0 fully saturated rings. The van der Waals surface area contributed by atoms with Gasteiger partial charge >= 0.3 is 0 Å². The van der Waals surface area contributed by atoms with Gasteiger partial charge in [0, 0.05) is 31.0 Å². The van der Waals surface area contributed by atoms with Gasteiger partial charge in [0.2, 0.25) is 7.37 Å². The third kappa shape index (κ3) is 3.84. The van der Waals surface area contributed by atoms with Gasteiger partial charge in [-0.1, -0.05) is 0 Å². The summed E-state index contributed by atoms with van der Waals surface area (Å²) in [6, 6.07) is 7.15. The Morgan fingerprint density at radius 2 is 1.94 bits per heavy atom. The van der Waals surface area contributed by atoms with Crippen molar-refractivity contribution in [3.8, 4) is 0 Å². The van der Waals surface area contributed by atoms with Crippen molar-refractivity contribution < 1.29 is 13.9 Å². The highest BCUT2D eigenvalue weighted by atomic mass is 35.5. The second-order valence-electron chi connectivity index (χ2n) is 3.96. The van der Waals surface area contributed by atoms with Crippen molar-refractivity contribution in [1.82, 2.24) is 0 Å². The molecule has 0 N–H and O–H groups in total. The normalized spacial score (nSPS) is 13.9. The number of hydrogen-bond acceptors (Lipinski definition) is 4. The Balaban J connectivity index is 2.98. The summed E-state index contributed by atoms with van der Waals surface area (Å²) in [6.45, 7) is 0.169. The summed E-state index contributed by atoms with van der Waals surface area (Å²) in [7, 11) is 0.732. The molecule has 1 aromatic carbocycles. The molecule has 0 saturated heterocycles. The van der Waals surface area contributed by atoms with Crippen LogP contribution in [0.1, 0.15) is 0 Å². The highest BCUT2D eigenvalue weighted by Gasteiger charge is 2.25. The van der Waals surface area contributed by atoms with Crippen LogP contribution in [0, 0.1) is 0 Å². The van der Waals surface area contributed by atoms with Gasteiger partial charge < -0.3 is 14.2 Å². The van der Waals surface area contributed by atoms with Crippen molar-refractivity contribution in [2.45, 2.75) is 0 Å². The SMILES string of the molecule is CN(C)c1ccc(P(=O)(CC=O)OCCCl)cc1. The van der Waals surface area contributed by atoms with Crippen LogP contribution < -0.4 is 10.2 Å². The van der Waals surface area contributed by atoms with E-state index in [1.54, 1.807) is 12.1 Å². The van der Waals surface area contributed by atoms with E-state index in [2.05, 4.69) is 0 Å². The number of alkyl halides is 1. The first kappa shape index (κ1) is 15.2. The Bertz CT molecular complexity index is 433. The van der Waals surface area contributed by atoms with E-state index in [0.29, 0.717) is 11.6 Å². The number of carbonyl (C=O) groups excluding carboxylic acids is 1. The molecule has 0 amide bonds. The molecular formula is C12H17ClNO3P. The quantitative estimate of drug-likeness (QED) is 0.438. The van der Waals surface area contributed by atoms with Gasteiger partial charge in [0.15, 0.2) is 0 Å². The number of nitrogens with zero attached hydrogens (tertiary/aromatic N) is 1. The lowest BCUT2D eigenvalue weighted by Crippen LogP contribution is -2.14. The largest absolute Gasteiger partial charge is 0.378 e.